The minimum Gasteiger partial charge on any atom is -0.466 e. The molecule has 0 amide bonds. The molecule has 1 rings (SSSR count). The number of aryl methyl sites for hydroxylation is 1. The summed E-state index contributed by atoms with van der Waals surface area (Å²) >= 11 is 3.40. The lowest BCUT2D eigenvalue weighted by Gasteiger charge is -2.02. The molecule has 0 aromatic heterocycles. The highest BCUT2D eigenvalue weighted by Gasteiger charge is 2.01. The van der Waals surface area contributed by atoms with Gasteiger partial charge in [-0.25, -0.2) is 0 Å². The van der Waals surface area contributed by atoms with Gasteiger partial charge in [0.2, 0.25) is 0 Å². The molecular weight excluding hydrogens is 268 g/mol. The highest BCUT2D eigenvalue weighted by atomic mass is 79.9. The van der Waals surface area contributed by atoms with Crippen molar-refractivity contribution in [3.8, 4) is 0 Å². The number of carbonyl (C=O) groups is 1. The molecule has 16 heavy (non-hydrogen) atoms. The highest BCUT2D eigenvalue weighted by Crippen LogP contribution is 2.12. The maximum Gasteiger partial charge on any atom is 0.305 e. The molecule has 0 aliphatic rings. The number of unbranched alkanes of at least 4 members (excludes halogenated alkanes) is 1. The number of halogens is 1. The first-order valence-corrected chi connectivity index (χ1v) is 6.41. The molecule has 0 fully saturated rings. The van der Waals surface area contributed by atoms with E-state index in [9.17, 15) is 4.79 Å². The molecule has 0 saturated heterocycles. The van der Waals surface area contributed by atoms with Crippen molar-refractivity contribution < 1.29 is 9.53 Å². The quantitative estimate of drug-likeness (QED) is 0.588. The summed E-state index contributed by atoms with van der Waals surface area (Å²) in [5, 5.41) is 0. The van der Waals surface area contributed by atoms with Crippen molar-refractivity contribution >= 4 is 21.9 Å². The second-order valence-electron chi connectivity index (χ2n) is 3.64. The topological polar surface area (TPSA) is 26.3 Å². The van der Waals surface area contributed by atoms with Gasteiger partial charge in [-0.3, -0.25) is 4.79 Å². The van der Waals surface area contributed by atoms with Gasteiger partial charge < -0.3 is 4.74 Å². The zero-order valence-corrected chi connectivity index (χ0v) is 11.1. The molecule has 0 heterocycles. The fraction of sp³-hybridized carbons (Fsp3) is 0.462. The first-order chi connectivity index (χ1) is 7.72. The fourth-order valence-corrected chi connectivity index (χ4v) is 1.75. The molecule has 0 bridgehead atoms. The Hall–Kier alpha value is -0.830. The SMILES string of the molecule is CCOC(=O)CCCCc1ccc(Br)cc1. The Kier molecular flexibility index (Phi) is 6.16. The summed E-state index contributed by atoms with van der Waals surface area (Å²) in [6, 6.07) is 8.30. The van der Waals surface area contributed by atoms with E-state index < -0.39 is 0 Å². The number of hydrogen-bond acceptors (Lipinski definition) is 2. The van der Waals surface area contributed by atoms with Crippen LogP contribution < -0.4 is 0 Å². The number of benzene rings is 1. The minimum absolute atomic E-state index is 0.0849. The van der Waals surface area contributed by atoms with Crippen LogP contribution in [0.15, 0.2) is 28.7 Å². The maximum atomic E-state index is 11.1. The maximum absolute atomic E-state index is 11.1. The van der Waals surface area contributed by atoms with Gasteiger partial charge in [0.25, 0.3) is 0 Å². The molecule has 0 aliphatic carbocycles. The lowest BCUT2D eigenvalue weighted by atomic mass is 10.1. The van der Waals surface area contributed by atoms with Crippen molar-refractivity contribution in [1.29, 1.82) is 0 Å². The average molecular weight is 285 g/mol. The molecule has 0 unspecified atom stereocenters. The van der Waals surface area contributed by atoms with Crippen molar-refractivity contribution in [3.63, 3.8) is 0 Å². The summed E-state index contributed by atoms with van der Waals surface area (Å²) in [6.45, 7) is 2.31. The molecule has 0 N–H and O–H groups in total. The molecule has 0 saturated carbocycles. The van der Waals surface area contributed by atoms with Gasteiger partial charge in [0.05, 0.1) is 6.61 Å². The highest BCUT2D eigenvalue weighted by molar-refractivity contribution is 9.10. The van der Waals surface area contributed by atoms with E-state index in [4.69, 9.17) is 4.74 Å². The van der Waals surface area contributed by atoms with Gasteiger partial charge in [-0.2, -0.15) is 0 Å². The van der Waals surface area contributed by atoms with Crippen LogP contribution in [0.2, 0.25) is 0 Å². The number of ether oxygens (including phenoxy) is 1. The molecule has 88 valence electrons. The zero-order chi connectivity index (χ0) is 11.8. The van der Waals surface area contributed by atoms with Crippen LogP contribution in [0, 0.1) is 0 Å². The summed E-state index contributed by atoms with van der Waals surface area (Å²) in [4.78, 5) is 11.1. The Morgan fingerprint density at radius 3 is 2.56 bits per heavy atom. The van der Waals surface area contributed by atoms with Gasteiger partial charge in [-0.1, -0.05) is 28.1 Å². The van der Waals surface area contributed by atoms with Crippen molar-refractivity contribution in [2.75, 3.05) is 6.61 Å². The van der Waals surface area contributed by atoms with Crippen LogP contribution in [0.1, 0.15) is 31.7 Å². The molecule has 1 aromatic carbocycles. The zero-order valence-electron chi connectivity index (χ0n) is 9.54. The van der Waals surface area contributed by atoms with E-state index in [-0.39, 0.29) is 5.97 Å². The van der Waals surface area contributed by atoms with Crippen LogP contribution in [0.3, 0.4) is 0 Å². The normalized spacial score (nSPS) is 10.1. The second kappa shape index (κ2) is 7.44. The molecule has 0 radical (unpaired) electrons. The second-order valence-corrected chi connectivity index (χ2v) is 4.55. The van der Waals surface area contributed by atoms with E-state index in [1.807, 2.05) is 19.1 Å². The molecule has 3 heteroatoms. The largest absolute Gasteiger partial charge is 0.466 e. The molecule has 0 spiro atoms. The van der Waals surface area contributed by atoms with Gasteiger partial charge in [-0.15, -0.1) is 0 Å². The number of esters is 1. The van der Waals surface area contributed by atoms with Crippen LogP contribution in [-0.2, 0) is 16.0 Å². The van der Waals surface area contributed by atoms with Crippen molar-refractivity contribution in [2.24, 2.45) is 0 Å². The Bertz CT molecular complexity index is 319. The third kappa shape index (κ3) is 5.31. The van der Waals surface area contributed by atoms with E-state index in [1.165, 1.54) is 5.56 Å². The van der Waals surface area contributed by atoms with Gasteiger partial charge in [0.15, 0.2) is 0 Å². The summed E-state index contributed by atoms with van der Waals surface area (Å²) in [7, 11) is 0. The summed E-state index contributed by atoms with van der Waals surface area (Å²) < 4.78 is 5.96. The lowest BCUT2D eigenvalue weighted by Crippen LogP contribution is -2.03. The predicted molar refractivity (Wildman–Crippen MR) is 68.3 cm³/mol. The Morgan fingerprint density at radius 1 is 1.25 bits per heavy atom. The van der Waals surface area contributed by atoms with E-state index >= 15 is 0 Å². The van der Waals surface area contributed by atoms with Gasteiger partial charge >= 0.3 is 5.97 Å². The van der Waals surface area contributed by atoms with E-state index in [0.29, 0.717) is 13.0 Å². The van der Waals surface area contributed by atoms with Gasteiger partial charge in [-0.05, 0) is 43.9 Å². The average Bonchev–Trinajstić information content (AvgIpc) is 2.27. The first kappa shape index (κ1) is 13.2. The van der Waals surface area contributed by atoms with Crippen LogP contribution in [0.4, 0.5) is 0 Å². The molecular formula is C13H17BrO2. The van der Waals surface area contributed by atoms with Crippen LogP contribution >= 0.6 is 15.9 Å². The monoisotopic (exact) mass is 284 g/mol. The van der Waals surface area contributed by atoms with Gasteiger partial charge in [0.1, 0.15) is 0 Å². The Morgan fingerprint density at radius 2 is 1.94 bits per heavy atom. The summed E-state index contributed by atoms with van der Waals surface area (Å²) in [5.74, 6) is -0.0849. The minimum atomic E-state index is -0.0849. The molecule has 0 aliphatic heterocycles. The number of hydrogen-bond donors (Lipinski definition) is 0. The molecule has 2 nitrogen and oxygen atoms in total. The van der Waals surface area contributed by atoms with Crippen molar-refractivity contribution in [2.45, 2.75) is 32.6 Å². The molecule has 1 aromatic rings. The van der Waals surface area contributed by atoms with E-state index in [2.05, 4.69) is 28.1 Å². The first-order valence-electron chi connectivity index (χ1n) is 5.62. The van der Waals surface area contributed by atoms with Crippen molar-refractivity contribution in [1.82, 2.24) is 0 Å². The van der Waals surface area contributed by atoms with Crippen LogP contribution in [0.25, 0.3) is 0 Å². The number of rotatable bonds is 6. The Labute approximate surface area is 105 Å². The van der Waals surface area contributed by atoms with Crippen LogP contribution in [0.5, 0.6) is 0 Å². The third-order valence-corrected chi connectivity index (χ3v) is 2.84. The van der Waals surface area contributed by atoms with Gasteiger partial charge in [0, 0.05) is 10.9 Å². The summed E-state index contributed by atoms with van der Waals surface area (Å²) in [5.41, 5.74) is 1.31. The predicted octanol–water partition coefficient (Wildman–Crippen LogP) is 3.73. The summed E-state index contributed by atoms with van der Waals surface area (Å²) in [6.07, 6.45) is 3.48. The van der Waals surface area contributed by atoms with E-state index in [1.54, 1.807) is 0 Å². The Balaban J connectivity index is 2.16. The van der Waals surface area contributed by atoms with Crippen molar-refractivity contribution in [3.05, 3.63) is 34.3 Å². The van der Waals surface area contributed by atoms with Crippen LogP contribution in [-0.4, -0.2) is 12.6 Å². The molecule has 0 atom stereocenters. The number of carbonyl (C=O) groups excluding carboxylic acids is 1. The standard InChI is InChI=1S/C13H17BrO2/c1-2-16-13(15)6-4-3-5-11-7-9-12(14)10-8-11/h7-10H,2-6H2,1H3. The smallest absolute Gasteiger partial charge is 0.305 e. The third-order valence-electron chi connectivity index (χ3n) is 2.31. The lowest BCUT2D eigenvalue weighted by molar-refractivity contribution is -0.143. The fourth-order valence-electron chi connectivity index (χ4n) is 1.48. The van der Waals surface area contributed by atoms with E-state index in [0.717, 1.165) is 23.7 Å².